The molecular formula is C22H28N2O4S. The van der Waals surface area contributed by atoms with Crippen molar-refractivity contribution < 1.29 is 17.9 Å². The first kappa shape index (κ1) is 21.3. The topological polar surface area (TPSA) is 75.7 Å². The summed E-state index contributed by atoms with van der Waals surface area (Å²) in [5.74, 6) is -0.184. The summed E-state index contributed by atoms with van der Waals surface area (Å²) in [6.07, 6.45) is 2.09. The number of hydrogen-bond acceptors (Lipinski definition) is 4. The van der Waals surface area contributed by atoms with Gasteiger partial charge in [-0.25, -0.2) is 8.42 Å². The average Bonchev–Trinajstić information content (AvgIpc) is 3.22. The first-order valence-corrected chi connectivity index (χ1v) is 11.3. The fraction of sp³-hybridized carbons (Fsp3) is 0.409. The Kier molecular flexibility index (Phi) is 6.92. The van der Waals surface area contributed by atoms with Crippen LogP contribution in [0, 0.1) is 13.8 Å². The standard InChI is InChI=1S/C22H28N2O4S/c1-17-5-9-19(10-6-17)24(29(26,27)21-11-7-18(2)8-12-21)14-13-22(25)23-16-20-4-3-15-28-20/h5-12,20H,3-4,13-16H2,1-2H3,(H,23,25). The van der Waals surface area contributed by atoms with E-state index in [0.717, 1.165) is 30.6 Å². The number of rotatable bonds is 8. The Hall–Kier alpha value is -2.38. The molecular weight excluding hydrogens is 388 g/mol. The highest BCUT2D eigenvalue weighted by atomic mass is 32.2. The van der Waals surface area contributed by atoms with Gasteiger partial charge in [0.2, 0.25) is 5.91 Å². The number of anilines is 1. The Morgan fingerprint density at radius 2 is 1.69 bits per heavy atom. The maximum Gasteiger partial charge on any atom is 0.264 e. The van der Waals surface area contributed by atoms with Crippen molar-refractivity contribution >= 4 is 21.6 Å². The van der Waals surface area contributed by atoms with Crippen molar-refractivity contribution in [2.45, 2.75) is 44.1 Å². The van der Waals surface area contributed by atoms with Gasteiger partial charge in [0.15, 0.2) is 0 Å². The molecule has 1 atom stereocenters. The lowest BCUT2D eigenvalue weighted by Crippen LogP contribution is -2.37. The number of aryl methyl sites for hydroxylation is 2. The molecule has 0 bridgehead atoms. The number of carbonyl (C=O) groups is 1. The molecule has 1 saturated heterocycles. The van der Waals surface area contributed by atoms with E-state index in [9.17, 15) is 13.2 Å². The quantitative estimate of drug-likeness (QED) is 0.717. The summed E-state index contributed by atoms with van der Waals surface area (Å²) in [6.45, 7) is 5.12. The molecule has 3 rings (SSSR count). The summed E-state index contributed by atoms with van der Waals surface area (Å²) in [6, 6.07) is 14.0. The highest BCUT2D eigenvalue weighted by molar-refractivity contribution is 7.92. The summed E-state index contributed by atoms with van der Waals surface area (Å²) in [7, 11) is -3.78. The second-order valence-corrected chi connectivity index (χ2v) is 9.28. The van der Waals surface area contributed by atoms with Gasteiger partial charge in [0.1, 0.15) is 0 Å². The van der Waals surface area contributed by atoms with E-state index >= 15 is 0 Å². The van der Waals surface area contributed by atoms with Gasteiger partial charge in [-0.1, -0.05) is 35.4 Å². The van der Waals surface area contributed by atoms with Gasteiger partial charge in [-0.15, -0.1) is 0 Å². The third kappa shape index (κ3) is 5.58. The minimum atomic E-state index is -3.78. The van der Waals surface area contributed by atoms with Gasteiger partial charge in [-0.2, -0.15) is 0 Å². The number of hydrogen-bond donors (Lipinski definition) is 1. The molecule has 0 aromatic heterocycles. The Morgan fingerprint density at radius 3 is 2.28 bits per heavy atom. The molecule has 7 heteroatoms. The van der Waals surface area contributed by atoms with Crippen LogP contribution < -0.4 is 9.62 Å². The highest BCUT2D eigenvalue weighted by Crippen LogP contribution is 2.24. The van der Waals surface area contributed by atoms with Gasteiger partial charge in [0, 0.05) is 26.1 Å². The van der Waals surface area contributed by atoms with E-state index in [1.165, 1.54) is 4.31 Å². The summed E-state index contributed by atoms with van der Waals surface area (Å²) in [4.78, 5) is 12.5. The van der Waals surface area contributed by atoms with Crippen LogP contribution in [0.1, 0.15) is 30.4 Å². The molecule has 29 heavy (non-hydrogen) atoms. The monoisotopic (exact) mass is 416 g/mol. The van der Waals surface area contributed by atoms with E-state index in [-0.39, 0.29) is 29.9 Å². The maximum absolute atomic E-state index is 13.3. The van der Waals surface area contributed by atoms with Crippen molar-refractivity contribution in [1.29, 1.82) is 0 Å². The largest absolute Gasteiger partial charge is 0.376 e. The van der Waals surface area contributed by atoms with Crippen molar-refractivity contribution in [1.82, 2.24) is 5.32 Å². The highest BCUT2D eigenvalue weighted by Gasteiger charge is 2.26. The Bertz CT molecular complexity index is 918. The molecule has 0 saturated carbocycles. The van der Waals surface area contributed by atoms with Gasteiger partial charge in [0.25, 0.3) is 10.0 Å². The van der Waals surface area contributed by atoms with E-state index in [4.69, 9.17) is 4.74 Å². The van der Waals surface area contributed by atoms with Crippen LogP contribution in [0.3, 0.4) is 0 Å². The fourth-order valence-corrected chi connectivity index (χ4v) is 4.73. The first-order valence-electron chi connectivity index (χ1n) is 9.90. The number of ether oxygens (including phenoxy) is 1. The molecule has 0 aliphatic carbocycles. The predicted octanol–water partition coefficient (Wildman–Crippen LogP) is 3.18. The number of benzene rings is 2. The SMILES string of the molecule is Cc1ccc(N(CCC(=O)NCC2CCCO2)S(=O)(=O)c2ccc(C)cc2)cc1. The van der Waals surface area contributed by atoms with Crippen LogP contribution in [0.4, 0.5) is 5.69 Å². The van der Waals surface area contributed by atoms with E-state index in [0.29, 0.717) is 12.2 Å². The zero-order chi connectivity index (χ0) is 20.9. The van der Waals surface area contributed by atoms with Crippen molar-refractivity contribution in [3.63, 3.8) is 0 Å². The summed E-state index contributed by atoms with van der Waals surface area (Å²) in [5, 5.41) is 2.85. The van der Waals surface area contributed by atoms with Crippen molar-refractivity contribution in [2.24, 2.45) is 0 Å². The lowest BCUT2D eigenvalue weighted by molar-refractivity contribution is -0.121. The zero-order valence-corrected chi connectivity index (χ0v) is 17.7. The number of nitrogens with zero attached hydrogens (tertiary/aromatic N) is 1. The normalized spacial score (nSPS) is 16.6. The smallest absolute Gasteiger partial charge is 0.264 e. The molecule has 1 fully saturated rings. The Morgan fingerprint density at radius 1 is 1.07 bits per heavy atom. The van der Waals surface area contributed by atoms with Crippen LogP contribution in [0.15, 0.2) is 53.4 Å². The third-order valence-electron chi connectivity index (χ3n) is 5.02. The molecule has 0 spiro atoms. The fourth-order valence-electron chi connectivity index (χ4n) is 3.26. The molecule has 1 heterocycles. The second-order valence-electron chi connectivity index (χ2n) is 7.41. The van der Waals surface area contributed by atoms with Gasteiger partial charge >= 0.3 is 0 Å². The number of sulfonamides is 1. The molecule has 1 unspecified atom stereocenters. The summed E-state index contributed by atoms with van der Waals surface area (Å²) >= 11 is 0. The minimum Gasteiger partial charge on any atom is -0.376 e. The number of carbonyl (C=O) groups excluding carboxylic acids is 1. The molecule has 156 valence electrons. The molecule has 1 amide bonds. The van der Waals surface area contributed by atoms with Crippen molar-refractivity contribution in [2.75, 3.05) is 24.0 Å². The van der Waals surface area contributed by atoms with E-state index < -0.39 is 10.0 Å². The molecule has 1 N–H and O–H groups in total. The molecule has 2 aromatic rings. The van der Waals surface area contributed by atoms with E-state index in [2.05, 4.69) is 5.32 Å². The molecule has 2 aromatic carbocycles. The van der Waals surface area contributed by atoms with E-state index in [1.807, 2.05) is 26.0 Å². The Labute approximate surface area is 172 Å². The molecule has 1 aliphatic heterocycles. The van der Waals surface area contributed by atoms with Crippen LogP contribution in [0.25, 0.3) is 0 Å². The van der Waals surface area contributed by atoms with Gasteiger partial charge in [-0.3, -0.25) is 9.10 Å². The molecule has 0 radical (unpaired) electrons. The second kappa shape index (κ2) is 9.41. The van der Waals surface area contributed by atoms with Crippen molar-refractivity contribution in [3.8, 4) is 0 Å². The molecule has 1 aliphatic rings. The lowest BCUT2D eigenvalue weighted by atomic mass is 10.2. The average molecular weight is 417 g/mol. The van der Waals surface area contributed by atoms with Crippen LogP contribution in [0.5, 0.6) is 0 Å². The van der Waals surface area contributed by atoms with E-state index in [1.54, 1.807) is 36.4 Å². The number of amides is 1. The number of nitrogens with one attached hydrogen (secondary N) is 1. The first-order chi connectivity index (χ1) is 13.9. The molecule has 6 nitrogen and oxygen atoms in total. The summed E-state index contributed by atoms with van der Waals surface area (Å²) < 4.78 is 33.4. The lowest BCUT2D eigenvalue weighted by Gasteiger charge is -2.25. The zero-order valence-electron chi connectivity index (χ0n) is 16.9. The van der Waals surface area contributed by atoms with Crippen LogP contribution in [-0.4, -0.2) is 40.1 Å². The van der Waals surface area contributed by atoms with Gasteiger partial charge < -0.3 is 10.1 Å². The van der Waals surface area contributed by atoms with Crippen LogP contribution in [-0.2, 0) is 19.6 Å². The maximum atomic E-state index is 13.3. The Balaban J connectivity index is 1.75. The van der Waals surface area contributed by atoms with Crippen molar-refractivity contribution in [3.05, 3.63) is 59.7 Å². The summed E-state index contributed by atoms with van der Waals surface area (Å²) in [5.41, 5.74) is 2.57. The van der Waals surface area contributed by atoms with Crippen LogP contribution >= 0.6 is 0 Å². The third-order valence-corrected chi connectivity index (χ3v) is 6.87. The predicted molar refractivity (Wildman–Crippen MR) is 113 cm³/mol. The van der Waals surface area contributed by atoms with Crippen LogP contribution in [0.2, 0.25) is 0 Å². The van der Waals surface area contributed by atoms with Gasteiger partial charge in [-0.05, 0) is 51.0 Å². The van der Waals surface area contributed by atoms with Gasteiger partial charge in [0.05, 0.1) is 16.7 Å². The minimum absolute atomic E-state index is 0.0587.